The second-order valence-electron chi connectivity index (χ2n) is 6.04. The molecule has 1 aromatic heterocycles. The Hall–Kier alpha value is -2.22. The third-order valence-electron chi connectivity index (χ3n) is 4.25. The van der Waals surface area contributed by atoms with E-state index in [-0.39, 0.29) is 5.91 Å². The van der Waals surface area contributed by atoms with Gasteiger partial charge in [0, 0.05) is 49.3 Å². The minimum atomic E-state index is -0.177. The molecule has 7 nitrogen and oxygen atoms in total. The first-order valence-electron chi connectivity index (χ1n) is 8.56. The predicted octanol–water partition coefficient (Wildman–Crippen LogP) is 2.24. The number of carbonyl (C=O) groups is 1. The first kappa shape index (κ1) is 18.6. The Morgan fingerprint density at radius 2 is 2.00 bits per heavy atom. The number of ether oxygens (including phenoxy) is 1. The van der Waals surface area contributed by atoms with Crippen molar-refractivity contribution < 1.29 is 9.53 Å². The van der Waals surface area contributed by atoms with Gasteiger partial charge in [0.2, 0.25) is 5.95 Å². The number of halogens is 1. The molecular formula is C18H22ClN5O2. The summed E-state index contributed by atoms with van der Waals surface area (Å²) in [5.41, 5.74) is 2.18. The van der Waals surface area contributed by atoms with Crippen LogP contribution in [0.3, 0.4) is 0 Å². The van der Waals surface area contributed by atoms with Gasteiger partial charge in [0.05, 0.1) is 18.8 Å². The molecule has 2 heterocycles. The highest BCUT2D eigenvalue weighted by Gasteiger charge is 2.12. The Bertz CT molecular complexity index is 748. The molecule has 0 radical (unpaired) electrons. The molecule has 0 aliphatic carbocycles. The molecule has 2 N–H and O–H groups in total. The van der Waals surface area contributed by atoms with Crippen LogP contribution in [0.1, 0.15) is 15.9 Å². The summed E-state index contributed by atoms with van der Waals surface area (Å²) in [4.78, 5) is 22.9. The van der Waals surface area contributed by atoms with Crippen LogP contribution in [0.5, 0.6) is 0 Å². The molecule has 1 aromatic carbocycles. The first-order valence-corrected chi connectivity index (χ1v) is 8.94. The molecule has 1 amide bonds. The largest absolute Gasteiger partial charge is 0.379 e. The van der Waals surface area contributed by atoms with Crippen molar-refractivity contribution in [1.82, 2.24) is 20.2 Å². The maximum absolute atomic E-state index is 12.2. The van der Waals surface area contributed by atoms with Gasteiger partial charge in [-0.2, -0.15) is 0 Å². The lowest BCUT2D eigenvalue weighted by atomic mass is 10.2. The van der Waals surface area contributed by atoms with E-state index in [1.807, 2.05) is 25.1 Å². The number of anilines is 2. The van der Waals surface area contributed by atoms with Gasteiger partial charge in [-0.05, 0) is 24.6 Å². The Morgan fingerprint density at radius 1 is 1.27 bits per heavy atom. The number of amides is 1. The number of morpholine rings is 1. The van der Waals surface area contributed by atoms with E-state index in [9.17, 15) is 4.79 Å². The molecule has 1 saturated heterocycles. The third kappa shape index (κ3) is 4.91. The molecule has 138 valence electrons. The molecule has 2 aromatic rings. The Kier molecular flexibility index (Phi) is 6.38. The molecule has 0 unspecified atom stereocenters. The maximum atomic E-state index is 12.2. The summed E-state index contributed by atoms with van der Waals surface area (Å²) in [5, 5.41) is 6.67. The lowest BCUT2D eigenvalue weighted by Gasteiger charge is -2.26. The standard InChI is InChI=1S/C18H22ClN5O2/c1-13-15(19)3-2-4-16(13)23-18-21-11-14(12-22-18)17(25)20-5-6-24-7-9-26-10-8-24/h2-4,11-12H,5-10H2,1H3,(H,20,25)(H,21,22,23). The maximum Gasteiger partial charge on any atom is 0.254 e. The molecule has 1 aliphatic rings. The number of carbonyl (C=O) groups excluding carboxylic acids is 1. The summed E-state index contributed by atoms with van der Waals surface area (Å²) >= 11 is 6.11. The monoisotopic (exact) mass is 375 g/mol. The summed E-state index contributed by atoms with van der Waals surface area (Å²) in [6.07, 6.45) is 3.03. The van der Waals surface area contributed by atoms with E-state index in [1.165, 1.54) is 12.4 Å². The number of aromatic nitrogens is 2. The number of nitrogens with one attached hydrogen (secondary N) is 2. The van der Waals surface area contributed by atoms with E-state index in [1.54, 1.807) is 0 Å². The predicted molar refractivity (Wildman–Crippen MR) is 101 cm³/mol. The van der Waals surface area contributed by atoms with Crippen LogP contribution < -0.4 is 10.6 Å². The van der Waals surface area contributed by atoms with Crippen molar-refractivity contribution in [3.05, 3.63) is 46.7 Å². The van der Waals surface area contributed by atoms with Gasteiger partial charge in [0.25, 0.3) is 5.91 Å². The molecule has 8 heteroatoms. The van der Waals surface area contributed by atoms with Gasteiger partial charge in [-0.15, -0.1) is 0 Å². The van der Waals surface area contributed by atoms with Crippen LogP contribution >= 0.6 is 11.6 Å². The van der Waals surface area contributed by atoms with Gasteiger partial charge in [-0.3, -0.25) is 9.69 Å². The van der Waals surface area contributed by atoms with E-state index in [4.69, 9.17) is 16.3 Å². The highest BCUT2D eigenvalue weighted by Crippen LogP contribution is 2.24. The molecule has 0 saturated carbocycles. The van der Waals surface area contributed by atoms with Gasteiger partial charge in [0.15, 0.2) is 0 Å². The number of hydrogen-bond donors (Lipinski definition) is 2. The van der Waals surface area contributed by atoms with Crippen molar-refractivity contribution in [2.75, 3.05) is 44.7 Å². The van der Waals surface area contributed by atoms with E-state index in [0.717, 1.165) is 44.1 Å². The molecule has 26 heavy (non-hydrogen) atoms. The normalized spacial score (nSPS) is 14.8. The number of rotatable bonds is 6. The van der Waals surface area contributed by atoms with Gasteiger partial charge in [0.1, 0.15) is 0 Å². The SMILES string of the molecule is Cc1c(Cl)cccc1Nc1ncc(C(=O)NCCN2CCOCC2)cn1. The Labute approximate surface area is 157 Å². The lowest BCUT2D eigenvalue weighted by Crippen LogP contribution is -2.41. The minimum Gasteiger partial charge on any atom is -0.379 e. The highest BCUT2D eigenvalue weighted by atomic mass is 35.5. The summed E-state index contributed by atoms with van der Waals surface area (Å²) < 4.78 is 5.31. The number of hydrogen-bond acceptors (Lipinski definition) is 6. The van der Waals surface area contributed by atoms with Gasteiger partial charge < -0.3 is 15.4 Å². The smallest absolute Gasteiger partial charge is 0.254 e. The second kappa shape index (κ2) is 8.93. The van der Waals surface area contributed by atoms with Crippen LogP contribution in [0.15, 0.2) is 30.6 Å². The molecule has 0 spiro atoms. The molecule has 1 aliphatic heterocycles. The molecule has 3 rings (SSSR count). The first-order chi connectivity index (χ1) is 12.6. The van der Waals surface area contributed by atoms with Crippen molar-refractivity contribution in [2.24, 2.45) is 0 Å². The molecule has 1 fully saturated rings. The third-order valence-corrected chi connectivity index (χ3v) is 4.65. The van der Waals surface area contributed by atoms with Crippen LogP contribution in [0.2, 0.25) is 5.02 Å². The average molecular weight is 376 g/mol. The number of nitrogens with zero attached hydrogens (tertiary/aromatic N) is 3. The fourth-order valence-electron chi connectivity index (χ4n) is 2.63. The van der Waals surface area contributed by atoms with Crippen LogP contribution in [0, 0.1) is 6.92 Å². The van der Waals surface area contributed by atoms with Crippen LogP contribution in [0.25, 0.3) is 0 Å². The second-order valence-corrected chi connectivity index (χ2v) is 6.45. The minimum absolute atomic E-state index is 0.177. The van der Waals surface area contributed by atoms with Crippen molar-refractivity contribution >= 4 is 29.1 Å². The zero-order valence-electron chi connectivity index (χ0n) is 14.7. The fourth-order valence-corrected chi connectivity index (χ4v) is 2.80. The summed E-state index contributed by atoms with van der Waals surface area (Å²) in [5.74, 6) is 0.240. The quantitative estimate of drug-likeness (QED) is 0.806. The fraction of sp³-hybridized carbons (Fsp3) is 0.389. The molecular weight excluding hydrogens is 354 g/mol. The highest BCUT2D eigenvalue weighted by molar-refractivity contribution is 6.31. The zero-order chi connectivity index (χ0) is 18.4. The van der Waals surface area contributed by atoms with Crippen molar-refractivity contribution in [3.8, 4) is 0 Å². The Morgan fingerprint density at radius 3 is 2.73 bits per heavy atom. The van der Waals surface area contributed by atoms with Gasteiger partial charge >= 0.3 is 0 Å². The van der Waals surface area contributed by atoms with Gasteiger partial charge in [-0.1, -0.05) is 17.7 Å². The number of benzene rings is 1. The van der Waals surface area contributed by atoms with Crippen LogP contribution in [0.4, 0.5) is 11.6 Å². The lowest BCUT2D eigenvalue weighted by molar-refractivity contribution is 0.0383. The molecule has 0 atom stereocenters. The van der Waals surface area contributed by atoms with E-state index >= 15 is 0 Å². The van der Waals surface area contributed by atoms with E-state index in [2.05, 4.69) is 25.5 Å². The van der Waals surface area contributed by atoms with Crippen molar-refractivity contribution in [3.63, 3.8) is 0 Å². The van der Waals surface area contributed by atoms with Gasteiger partial charge in [-0.25, -0.2) is 9.97 Å². The van der Waals surface area contributed by atoms with Crippen LogP contribution in [-0.4, -0.2) is 60.2 Å². The van der Waals surface area contributed by atoms with E-state index < -0.39 is 0 Å². The summed E-state index contributed by atoms with van der Waals surface area (Å²) in [6.45, 7) is 6.63. The molecule has 0 bridgehead atoms. The summed E-state index contributed by atoms with van der Waals surface area (Å²) in [7, 11) is 0. The van der Waals surface area contributed by atoms with Crippen molar-refractivity contribution in [2.45, 2.75) is 6.92 Å². The van der Waals surface area contributed by atoms with Crippen LogP contribution in [-0.2, 0) is 4.74 Å². The summed E-state index contributed by atoms with van der Waals surface area (Å²) in [6, 6.07) is 5.58. The zero-order valence-corrected chi connectivity index (χ0v) is 15.4. The topological polar surface area (TPSA) is 79.4 Å². The van der Waals surface area contributed by atoms with E-state index in [0.29, 0.717) is 23.1 Å². The average Bonchev–Trinajstić information content (AvgIpc) is 2.67. The van der Waals surface area contributed by atoms with Crippen molar-refractivity contribution in [1.29, 1.82) is 0 Å². The Balaban J connectivity index is 1.51.